The fourth-order valence-corrected chi connectivity index (χ4v) is 2.83. The number of benzene rings is 1. The van der Waals surface area contributed by atoms with Crippen LogP contribution in [0.5, 0.6) is 0 Å². The number of nitro groups is 1. The summed E-state index contributed by atoms with van der Waals surface area (Å²) >= 11 is 0. The van der Waals surface area contributed by atoms with Crippen molar-refractivity contribution in [3.63, 3.8) is 0 Å². The van der Waals surface area contributed by atoms with E-state index in [1.54, 1.807) is 18.2 Å². The Bertz CT molecular complexity index is 679. The highest BCUT2D eigenvalue weighted by atomic mass is 16.6. The van der Waals surface area contributed by atoms with Gasteiger partial charge >= 0.3 is 0 Å². The summed E-state index contributed by atoms with van der Waals surface area (Å²) in [5, 5.41) is 16.1. The molecule has 2 heterocycles. The predicted octanol–water partition coefficient (Wildman–Crippen LogP) is 2.25. The Balaban J connectivity index is 2.17. The van der Waals surface area contributed by atoms with Crippen molar-refractivity contribution in [2.24, 2.45) is 0 Å². The number of hydrogen-bond donors (Lipinski definition) is 1. The Morgan fingerprint density at radius 1 is 1.29 bits per heavy atom. The molecule has 0 aliphatic carbocycles. The van der Waals surface area contributed by atoms with Crippen LogP contribution in [0.15, 0.2) is 24.3 Å². The molecule has 0 saturated carbocycles. The largest absolute Gasteiger partial charge is 0.355 e. The van der Waals surface area contributed by atoms with Crippen LogP contribution in [0.4, 0.5) is 11.5 Å². The zero-order valence-electron chi connectivity index (χ0n) is 12.0. The zero-order valence-corrected chi connectivity index (χ0v) is 12.0. The van der Waals surface area contributed by atoms with Gasteiger partial charge in [-0.25, -0.2) is 4.98 Å². The van der Waals surface area contributed by atoms with E-state index in [4.69, 9.17) is 0 Å². The number of hydrogen-bond acceptors (Lipinski definition) is 5. The second-order valence-electron chi connectivity index (χ2n) is 5.31. The van der Waals surface area contributed by atoms with Gasteiger partial charge in [-0.3, -0.25) is 10.1 Å². The van der Waals surface area contributed by atoms with Gasteiger partial charge in [-0.15, -0.1) is 0 Å². The maximum absolute atomic E-state index is 11.2. The van der Waals surface area contributed by atoms with Crippen LogP contribution >= 0.6 is 0 Å². The molecule has 0 radical (unpaired) electrons. The first-order chi connectivity index (χ1) is 10.2. The van der Waals surface area contributed by atoms with Crippen molar-refractivity contribution in [2.45, 2.75) is 13.3 Å². The predicted molar refractivity (Wildman–Crippen MR) is 82.8 cm³/mol. The lowest BCUT2D eigenvalue weighted by molar-refractivity contribution is -0.383. The van der Waals surface area contributed by atoms with Gasteiger partial charge in [0.15, 0.2) is 0 Å². The highest BCUT2D eigenvalue weighted by Gasteiger charge is 2.19. The fraction of sp³-hybridized carbons (Fsp3) is 0.400. The molecule has 21 heavy (non-hydrogen) atoms. The minimum Gasteiger partial charge on any atom is -0.355 e. The first kappa shape index (κ1) is 13.8. The number of anilines is 1. The normalized spacial score (nSPS) is 16.0. The SMILES string of the molecule is Cc1cc2c([N+](=O)[O-])cccc2c(N2CCCNCC2)n1. The van der Waals surface area contributed by atoms with Crippen molar-refractivity contribution in [2.75, 3.05) is 31.1 Å². The van der Waals surface area contributed by atoms with E-state index in [1.807, 2.05) is 13.0 Å². The number of aryl methyl sites for hydroxylation is 1. The summed E-state index contributed by atoms with van der Waals surface area (Å²) < 4.78 is 0. The van der Waals surface area contributed by atoms with Crippen LogP contribution in [0.25, 0.3) is 10.8 Å². The molecule has 2 aromatic rings. The third kappa shape index (κ3) is 2.67. The lowest BCUT2D eigenvalue weighted by atomic mass is 10.1. The molecular weight excluding hydrogens is 268 g/mol. The van der Waals surface area contributed by atoms with Gasteiger partial charge in [0.05, 0.1) is 10.3 Å². The third-order valence-corrected chi connectivity index (χ3v) is 3.80. The van der Waals surface area contributed by atoms with E-state index < -0.39 is 0 Å². The quantitative estimate of drug-likeness (QED) is 0.677. The number of aromatic nitrogens is 1. The van der Waals surface area contributed by atoms with Gasteiger partial charge in [-0.05, 0) is 26.0 Å². The van der Waals surface area contributed by atoms with Crippen molar-refractivity contribution < 1.29 is 4.92 Å². The van der Waals surface area contributed by atoms with Crippen molar-refractivity contribution >= 4 is 22.3 Å². The number of nitrogens with zero attached hydrogens (tertiary/aromatic N) is 3. The molecule has 0 unspecified atom stereocenters. The molecular formula is C15H18N4O2. The van der Waals surface area contributed by atoms with Crippen molar-refractivity contribution in [3.05, 3.63) is 40.1 Å². The molecule has 6 nitrogen and oxygen atoms in total. The summed E-state index contributed by atoms with van der Waals surface area (Å²) in [6.07, 6.45) is 1.05. The molecule has 1 aromatic heterocycles. The number of fused-ring (bicyclic) bond motifs is 1. The van der Waals surface area contributed by atoms with Crippen molar-refractivity contribution in [3.8, 4) is 0 Å². The number of rotatable bonds is 2. The molecule has 0 spiro atoms. The maximum atomic E-state index is 11.2. The van der Waals surface area contributed by atoms with Gasteiger partial charge in [0.2, 0.25) is 0 Å². The molecule has 1 aromatic carbocycles. The monoisotopic (exact) mass is 286 g/mol. The molecule has 1 fully saturated rings. The average molecular weight is 286 g/mol. The van der Waals surface area contributed by atoms with Crippen LogP contribution in [0.3, 0.4) is 0 Å². The van der Waals surface area contributed by atoms with E-state index in [9.17, 15) is 10.1 Å². The summed E-state index contributed by atoms with van der Waals surface area (Å²) in [4.78, 5) is 17.8. The summed E-state index contributed by atoms with van der Waals surface area (Å²) in [6.45, 7) is 5.58. The zero-order chi connectivity index (χ0) is 14.8. The topological polar surface area (TPSA) is 71.3 Å². The van der Waals surface area contributed by atoms with E-state index in [2.05, 4.69) is 15.2 Å². The highest BCUT2D eigenvalue weighted by molar-refractivity contribution is 5.98. The van der Waals surface area contributed by atoms with E-state index in [1.165, 1.54) is 0 Å². The van der Waals surface area contributed by atoms with Crippen LogP contribution in [0.1, 0.15) is 12.1 Å². The lowest BCUT2D eigenvalue weighted by Crippen LogP contribution is -2.28. The van der Waals surface area contributed by atoms with Gasteiger partial charge < -0.3 is 10.2 Å². The van der Waals surface area contributed by atoms with Gasteiger partial charge in [0.1, 0.15) is 5.82 Å². The number of non-ortho nitro benzene ring substituents is 1. The average Bonchev–Trinajstić information content (AvgIpc) is 2.74. The Morgan fingerprint density at radius 2 is 2.14 bits per heavy atom. The van der Waals surface area contributed by atoms with E-state index in [0.29, 0.717) is 5.39 Å². The molecule has 3 rings (SSSR count). The van der Waals surface area contributed by atoms with Crippen LogP contribution in [0.2, 0.25) is 0 Å². The smallest absolute Gasteiger partial charge is 0.277 e. The molecule has 0 atom stereocenters. The Morgan fingerprint density at radius 3 is 2.95 bits per heavy atom. The number of pyridine rings is 1. The number of nitro benzene ring substituents is 1. The molecule has 1 N–H and O–H groups in total. The van der Waals surface area contributed by atoms with Crippen molar-refractivity contribution in [1.29, 1.82) is 0 Å². The molecule has 1 aliphatic rings. The van der Waals surface area contributed by atoms with Gasteiger partial charge in [-0.2, -0.15) is 0 Å². The lowest BCUT2D eigenvalue weighted by Gasteiger charge is -2.23. The van der Waals surface area contributed by atoms with Crippen LogP contribution < -0.4 is 10.2 Å². The fourth-order valence-electron chi connectivity index (χ4n) is 2.83. The first-order valence-electron chi connectivity index (χ1n) is 7.17. The molecule has 1 aliphatic heterocycles. The molecule has 1 saturated heterocycles. The van der Waals surface area contributed by atoms with E-state index in [0.717, 1.165) is 49.5 Å². The van der Waals surface area contributed by atoms with Gasteiger partial charge in [0.25, 0.3) is 5.69 Å². The first-order valence-corrected chi connectivity index (χ1v) is 7.17. The Kier molecular flexibility index (Phi) is 3.70. The summed E-state index contributed by atoms with van der Waals surface area (Å²) in [7, 11) is 0. The molecule has 0 amide bonds. The summed E-state index contributed by atoms with van der Waals surface area (Å²) in [5.74, 6) is 0.859. The Labute approximate surface area is 122 Å². The number of nitrogens with one attached hydrogen (secondary N) is 1. The second-order valence-corrected chi connectivity index (χ2v) is 5.31. The highest BCUT2D eigenvalue weighted by Crippen LogP contribution is 2.32. The molecule has 110 valence electrons. The Hall–Kier alpha value is -2.21. The minimum atomic E-state index is -0.324. The molecule has 0 bridgehead atoms. The molecule has 6 heteroatoms. The second kappa shape index (κ2) is 5.65. The standard InChI is InChI=1S/C15H18N4O2/c1-11-10-13-12(4-2-5-14(13)19(20)21)15(17-11)18-8-3-6-16-7-9-18/h2,4-5,10,16H,3,6-9H2,1H3. The van der Waals surface area contributed by atoms with E-state index >= 15 is 0 Å². The third-order valence-electron chi connectivity index (χ3n) is 3.80. The van der Waals surface area contributed by atoms with Crippen LogP contribution in [-0.4, -0.2) is 36.1 Å². The van der Waals surface area contributed by atoms with Gasteiger partial charge in [0, 0.05) is 36.8 Å². The van der Waals surface area contributed by atoms with E-state index in [-0.39, 0.29) is 10.6 Å². The van der Waals surface area contributed by atoms with Crippen LogP contribution in [0, 0.1) is 17.0 Å². The van der Waals surface area contributed by atoms with Gasteiger partial charge in [-0.1, -0.05) is 12.1 Å². The maximum Gasteiger partial charge on any atom is 0.277 e. The van der Waals surface area contributed by atoms with Crippen LogP contribution in [-0.2, 0) is 0 Å². The van der Waals surface area contributed by atoms with Crippen molar-refractivity contribution in [1.82, 2.24) is 10.3 Å². The minimum absolute atomic E-state index is 0.146. The summed E-state index contributed by atoms with van der Waals surface area (Å²) in [6, 6.07) is 7.00. The summed E-state index contributed by atoms with van der Waals surface area (Å²) in [5.41, 5.74) is 0.955.